The van der Waals surface area contributed by atoms with Crippen molar-refractivity contribution in [1.29, 1.82) is 0 Å². The van der Waals surface area contributed by atoms with E-state index >= 15 is 0 Å². The number of hydrogen-bond acceptors (Lipinski definition) is 2. The molecule has 0 unspecified atom stereocenters. The van der Waals surface area contributed by atoms with Gasteiger partial charge in [-0.2, -0.15) is 0 Å². The number of halogens is 1. The molecule has 0 atom stereocenters. The Hall–Kier alpha value is -2.46. The largest absolute Gasteiger partial charge is 0.399 e. The van der Waals surface area contributed by atoms with E-state index in [2.05, 4.69) is 36.3 Å². The summed E-state index contributed by atoms with van der Waals surface area (Å²) >= 11 is 0. The van der Waals surface area contributed by atoms with Crippen LogP contribution >= 0.6 is 12.4 Å². The molecule has 5 heteroatoms. The number of H-pyrrole nitrogens is 1. The molecule has 0 aliphatic heterocycles. The van der Waals surface area contributed by atoms with Crippen LogP contribution in [0.15, 0.2) is 42.5 Å². The van der Waals surface area contributed by atoms with Gasteiger partial charge in [0.2, 0.25) is 5.91 Å². The summed E-state index contributed by atoms with van der Waals surface area (Å²) in [5.74, 6) is 0.0420. The minimum absolute atomic E-state index is 0. The number of carbonyl (C=O) groups is 1. The van der Waals surface area contributed by atoms with E-state index in [0.717, 1.165) is 22.3 Å². The summed E-state index contributed by atoms with van der Waals surface area (Å²) in [5, 5.41) is 4.21. The molecule has 0 bridgehead atoms. The minimum Gasteiger partial charge on any atom is -0.399 e. The average Bonchev–Trinajstić information content (AvgIpc) is 2.86. The molecule has 0 fully saturated rings. The van der Waals surface area contributed by atoms with Crippen molar-refractivity contribution in [2.24, 2.45) is 0 Å². The van der Waals surface area contributed by atoms with E-state index in [1.54, 1.807) is 0 Å². The molecule has 1 aromatic heterocycles. The molecule has 3 aromatic rings. The smallest absolute Gasteiger partial charge is 0.220 e. The minimum atomic E-state index is 0. The molecule has 3 rings (SSSR count). The zero-order valence-corrected chi connectivity index (χ0v) is 15.4. The summed E-state index contributed by atoms with van der Waals surface area (Å²) in [6.45, 7) is 4.73. The number of aromatic amines is 1. The van der Waals surface area contributed by atoms with Gasteiger partial charge in [0.05, 0.1) is 0 Å². The number of hydrogen-bond donors (Lipinski definition) is 3. The maximum atomic E-state index is 12.1. The van der Waals surface area contributed by atoms with Crippen molar-refractivity contribution in [3.63, 3.8) is 0 Å². The maximum absolute atomic E-state index is 12.1. The lowest BCUT2D eigenvalue weighted by atomic mass is 10.1. The van der Waals surface area contributed by atoms with Crippen LogP contribution in [0, 0.1) is 13.8 Å². The molecular weight excluding hydrogens is 334 g/mol. The summed E-state index contributed by atoms with van der Waals surface area (Å²) in [7, 11) is 0. The zero-order chi connectivity index (χ0) is 17.1. The number of nitrogens with two attached hydrogens (primary N) is 1. The molecule has 4 nitrogen and oxygen atoms in total. The van der Waals surface area contributed by atoms with Gasteiger partial charge in [-0.15, -0.1) is 12.4 Å². The quantitative estimate of drug-likeness (QED) is 0.603. The summed E-state index contributed by atoms with van der Waals surface area (Å²) in [6.07, 6.45) is 1.10. The van der Waals surface area contributed by atoms with E-state index in [1.165, 1.54) is 16.6 Å². The second-order valence-electron chi connectivity index (χ2n) is 6.23. The molecule has 1 amide bonds. The van der Waals surface area contributed by atoms with Gasteiger partial charge in [0.1, 0.15) is 0 Å². The third-order valence-electron chi connectivity index (χ3n) is 4.54. The number of nitrogens with one attached hydrogen (secondary N) is 2. The number of carbonyl (C=O) groups excluding carboxylic acids is 1. The van der Waals surface area contributed by atoms with Crippen molar-refractivity contribution in [1.82, 2.24) is 10.3 Å². The van der Waals surface area contributed by atoms with Crippen LogP contribution in [0.4, 0.5) is 5.69 Å². The summed E-state index contributed by atoms with van der Waals surface area (Å²) in [6, 6.07) is 13.9. The van der Waals surface area contributed by atoms with Crippen molar-refractivity contribution in [3.05, 3.63) is 64.8 Å². The van der Waals surface area contributed by atoms with Crippen LogP contribution in [0.5, 0.6) is 0 Å². The Kier molecular flexibility index (Phi) is 6.10. The van der Waals surface area contributed by atoms with Gasteiger partial charge in [-0.1, -0.05) is 24.3 Å². The second kappa shape index (κ2) is 8.08. The lowest BCUT2D eigenvalue weighted by Gasteiger charge is -2.07. The third kappa shape index (κ3) is 4.34. The van der Waals surface area contributed by atoms with E-state index in [9.17, 15) is 4.79 Å². The van der Waals surface area contributed by atoms with Crippen LogP contribution in [0.3, 0.4) is 0 Å². The average molecular weight is 358 g/mol. The highest BCUT2D eigenvalue weighted by Crippen LogP contribution is 2.22. The molecule has 0 aliphatic carbocycles. The van der Waals surface area contributed by atoms with Crippen molar-refractivity contribution in [2.45, 2.75) is 33.2 Å². The standard InChI is InChI=1S/C20H23N3O.ClH/c1-13-14(2)23-19-9-7-15(11-17(13)19)12-22-20(24)10-8-16-5-3-4-6-18(16)21;/h3-7,9,11,23H,8,10,12,21H2,1-2H3,(H,22,24);1H. The molecule has 0 aliphatic rings. The number of rotatable bonds is 5. The number of benzene rings is 2. The zero-order valence-electron chi connectivity index (χ0n) is 14.6. The Morgan fingerprint density at radius 3 is 2.68 bits per heavy atom. The Morgan fingerprint density at radius 1 is 1.16 bits per heavy atom. The van der Waals surface area contributed by atoms with Gasteiger partial charge >= 0.3 is 0 Å². The number of aromatic nitrogens is 1. The van der Waals surface area contributed by atoms with Gasteiger partial charge in [-0.3, -0.25) is 4.79 Å². The van der Waals surface area contributed by atoms with Gasteiger partial charge in [0.15, 0.2) is 0 Å². The topological polar surface area (TPSA) is 70.9 Å². The highest BCUT2D eigenvalue weighted by molar-refractivity contribution is 5.85. The predicted octanol–water partition coefficient (Wildman–Crippen LogP) is 4.04. The molecule has 4 N–H and O–H groups in total. The van der Waals surface area contributed by atoms with E-state index < -0.39 is 0 Å². The van der Waals surface area contributed by atoms with Gasteiger partial charge in [-0.05, 0) is 55.2 Å². The fraction of sp³-hybridized carbons (Fsp3) is 0.250. The summed E-state index contributed by atoms with van der Waals surface area (Å²) < 4.78 is 0. The number of nitrogen functional groups attached to an aromatic ring is 1. The third-order valence-corrected chi connectivity index (χ3v) is 4.54. The van der Waals surface area contributed by atoms with Crippen molar-refractivity contribution in [3.8, 4) is 0 Å². The number of aryl methyl sites for hydroxylation is 3. The number of anilines is 1. The highest BCUT2D eigenvalue weighted by atomic mass is 35.5. The van der Waals surface area contributed by atoms with E-state index in [-0.39, 0.29) is 18.3 Å². The predicted molar refractivity (Wildman–Crippen MR) is 106 cm³/mol. The Bertz CT molecular complexity index is 886. The number of amides is 1. The highest BCUT2D eigenvalue weighted by Gasteiger charge is 2.07. The molecule has 0 saturated carbocycles. The summed E-state index contributed by atoms with van der Waals surface area (Å²) in [5.41, 5.74) is 12.4. The van der Waals surface area contributed by atoms with Gasteiger partial charge in [0, 0.05) is 35.2 Å². The van der Waals surface area contributed by atoms with Crippen LogP contribution in [-0.4, -0.2) is 10.9 Å². The Balaban J connectivity index is 0.00000225. The normalized spacial score (nSPS) is 10.5. The SMILES string of the molecule is Cc1[nH]c2ccc(CNC(=O)CCc3ccccc3N)cc2c1C.Cl. The number of para-hydroxylation sites is 1. The Morgan fingerprint density at radius 2 is 1.92 bits per heavy atom. The fourth-order valence-electron chi connectivity index (χ4n) is 2.92. The Labute approximate surface area is 154 Å². The van der Waals surface area contributed by atoms with Gasteiger partial charge in [-0.25, -0.2) is 0 Å². The van der Waals surface area contributed by atoms with Gasteiger partial charge in [0.25, 0.3) is 0 Å². The summed E-state index contributed by atoms with van der Waals surface area (Å²) in [4.78, 5) is 15.4. The van der Waals surface area contributed by atoms with Crippen LogP contribution in [-0.2, 0) is 17.8 Å². The molecular formula is C20H24ClN3O. The van der Waals surface area contributed by atoms with Gasteiger partial charge < -0.3 is 16.0 Å². The first-order chi connectivity index (χ1) is 11.5. The first-order valence-electron chi connectivity index (χ1n) is 8.22. The molecule has 132 valence electrons. The number of fused-ring (bicyclic) bond motifs is 1. The van der Waals surface area contributed by atoms with Crippen LogP contribution < -0.4 is 11.1 Å². The van der Waals surface area contributed by atoms with Crippen LogP contribution in [0.25, 0.3) is 10.9 Å². The second-order valence-corrected chi connectivity index (χ2v) is 6.23. The van der Waals surface area contributed by atoms with E-state index in [1.807, 2.05) is 30.3 Å². The van der Waals surface area contributed by atoms with Crippen molar-refractivity contribution < 1.29 is 4.79 Å². The lowest BCUT2D eigenvalue weighted by Crippen LogP contribution is -2.23. The molecule has 0 saturated heterocycles. The molecule has 0 spiro atoms. The monoisotopic (exact) mass is 357 g/mol. The van der Waals surface area contributed by atoms with Crippen LogP contribution in [0.2, 0.25) is 0 Å². The molecule has 0 radical (unpaired) electrons. The molecule has 25 heavy (non-hydrogen) atoms. The van der Waals surface area contributed by atoms with E-state index in [4.69, 9.17) is 5.73 Å². The molecule has 1 heterocycles. The fourth-order valence-corrected chi connectivity index (χ4v) is 2.92. The van der Waals surface area contributed by atoms with E-state index in [0.29, 0.717) is 19.4 Å². The first-order valence-corrected chi connectivity index (χ1v) is 8.22. The van der Waals surface area contributed by atoms with Crippen molar-refractivity contribution >= 4 is 34.9 Å². The lowest BCUT2D eigenvalue weighted by molar-refractivity contribution is -0.121. The van der Waals surface area contributed by atoms with Crippen molar-refractivity contribution in [2.75, 3.05) is 5.73 Å². The maximum Gasteiger partial charge on any atom is 0.220 e. The van der Waals surface area contributed by atoms with Crippen LogP contribution in [0.1, 0.15) is 28.8 Å². The molecule has 2 aromatic carbocycles. The first kappa shape index (κ1) is 18.9.